The summed E-state index contributed by atoms with van der Waals surface area (Å²) < 4.78 is 42.7. The van der Waals surface area contributed by atoms with Gasteiger partial charge in [0, 0.05) is 12.6 Å². The minimum atomic E-state index is -4.22. The predicted molar refractivity (Wildman–Crippen MR) is 69.5 cm³/mol. The van der Waals surface area contributed by atoms with Gasteiger partial charge in [0.25, 0.3) is 0 Å². The van der Waals surface area contributed by atoms with E-state index in [9.17, 15) is 18.0 Å². The van der Waals surface area contributed by atoms with E-state index in [2.05, 4.69) is 0 Å². The van der Waals surface area contributed by atoms with Crippen molar-refractivity contribution in [2.45, 2.75) is 25.1 Å². The molecule has 0 aliphatic heterocycles. The van der Waals surface area contributed by atoms with Crippen LogP contribution in [0.15, 0.2) is 24.3 Å². The van der Waals surface area contributed by atoms with Crippen LogP contribution in [-0.4, -0.2) is 47.9 Å². The number of carboxylic acids is 1. The third-order valence-corrected chi connectivity index (χ3v) is 3.17. The molecular weight excluding hydrogens is 287 g/mol. The molecule has 0 heterocycles. The lowest BCUT2D eigenvalue weighted by Gasteiger charge is -2.23. The summed E-state index contributed by atoms with van der Waals surface area (Å²) in [4.78, 5) is 12.2. The maximum absolute atomic E-state index is 12.4. The summed E-state index contributed by atoms with van der Waals surface area (Å²) in [5.41, 5.74) is 0.0850. The van der Waals surface area contributed by atoms with Gasteiger partial charge in [0.1, 0.15) is 12.4 Å². The highest BCUT2D eigenvalue weighted by Crippen LogP contribution is 2.29. The van der Waals surface area contributed by atoms with Crippen molar-refractivity contribution in [2.75, 3.05) is 19.7 Å². The van der Waals surface area contributed by atoms with Crippen LogP contribution in [-0.2, 0) is 0 Å². The van der Waals surface area contributed by atoms with Gasteiger partial charge in [-0.15, -0.1) is 0 Å². The Morgan fingerprint density at radius 3 is 2.67 bits per heavy atom. The summed E-state index contributed by atoms with van der Waals surface area (Å²) in [6.07, 6.45) is -2.65. The Bertz CT molecular complexity index is 500. The van der Waals surface area contributed by atoms with Crippen LogP contribution in [0.3, 0.4) is 0 Å². The lowest BCUT2D eigenvalue weighted by Crippen LogP contribution is -2.38. The monoisotopic (exact) mass is 303 g/mol. The zero-order valence-corrected chi connectivity index (χ0v) is 11.3. The summed E-state index contributed by atoms with van der Waals surface area (Å²) in [6, 6.07) is 5.88. The summed E-state index contributed by atoms with van der Waals surface area (Å²) in [6.45, 7) is -0.673. The lowest BCUT2D eigenvalue weighted by molar-refractivity contribution is -0.147. The minimum Gasteiger partial charge on any atom is -0.492 e. The third kappa shape index (κ3) is 5.26. The van der Waals surface area contributed by atoms with E-state index in [0.29, 0.717) is 5.75 Å². The zero-order chi connectivity index (χ0) is 15.5. The van der Waals surface area contributed by atoms with Gasteiger partial charge in [-0.2, -0.15) is 13.2 Å². The van der Waals surface area contributed by atoms with Gasteiger partial charge in [-0.25, -0.2) is 4.79 Å². The van der Waals surface area contributed by atoms with Crippen LogP contribution >= 0.6 is 0 Å². The number of ether oxygens (including phenoxy) is 1. The summed E-state index contributed by atoms with van der Waals surface area (Å²) in [5, 5.41) is 8.84. The number of nitrogens with zero attached hydrogens (tertiary/aromatic N) is 1. The molecule has 0 aromatic heterocycles. The Labute approximate surface area is 120 Å². The molecule has 1 N–H and O–H groups in total. The molecule has 0 saturated heterocycles. The van der Waals surface area contributed by atoms with E-state index >= 15 is 0 Å². The van der Waals surface area contributed by atoms with Crippen molar-refractivity contribution >= 4 is 5.97 Å². The molecule has 116 valence electrons. The Kier molecular flexibility index (Phi) is 4.72. The lowest BCUT2D eigenvalue weighted by atomic mass is 10.2. The fourth-order valence-corrected chi connectivity index (χ4v) is 2.06. The molecular formula is C14H16F3NO3. The number of benzene rings is 1. The molecule has 1 aliphatic carbocycles. The van der Waals surface area contributed by atoms with E-state index in [4.69, 9.17) is 9.84 Å². The fraction of sp³-hybridized carbons (Fsp3) is 0.500. The highest BCUT2D eigenvalue weighted by atomic mass is 19.4. The molecule has 0 spiro atoms. The molecule has 1 aromatic rings. The van der Waals surface area contributed by atoms with Crippen molar-refractivity contribution < 1.29 is 27.8 Å². The molecule has 21 heavy (non-hydrogen) atoms. The summed E-state index contributed by atoms with van der Waals surface area (Å²) in [5.74, 6) is -0.727. The highest BCUT2D eigenvalue weighted by Gasteiger charge is 2.37. The van der Waals surface area contributed by atoms with E-state index in [1.54, 1.807) is 6.07 Å². The van der Waals surface area contributed by atoms with Crippen molar-refractivity contribution in [3.8, 4) is 5.75 Å². The van der Waals surface area contributed by atoms with Gasteiger partial charge < -0.3 is 9.84 Å². The van der Waals surface area contributed by atoms with E-state index in [1.807, 2.05) is 0 Å². The normalized spacial score (nSPS) is 15.2. The molecule has 1 fully saturated rings. The van der Waals surface area contributed by atoms with E-state index in [0.717, 1.165) is 12.8 Å². The van der Waals surface area contributed by atoms with Crippen molar-refractivity contribution in [1.29, 1.82) is 0 Å². The molecule has 1 aliphatic rings. The van der Waals surface area contributed by atoms with Crippen LogP contribution in [0.2, 0.25) is 0 Å². The van der Waals surface area contributed by atoms with Crippen molar-refractivity contribution in [1.82, 2.24) is 4.90 Å². The Balaban J connectivity index is 1.84. The smallest absolute Gasteiger partial charge is 0.401 e. The maximum Gasteiger partial charge on any atom is 0.401 e. The van der Waals surface area contributed by atoms with Crippen molar-refractivity contribution in [3.05, 3.63) is 29.8 Å². The summed E-state index contributed by atoms with van der Waals surface area (Å²) in [7, 11) is 0. The van der Waals surface area contributed by atoms with Crippen LogP contribution in [0.25, 0.3) is 0 Å². The largest absolute Gasteiger partial charge is 0.492 e. The van der Waals surface area contributed by atoms with Crippen molar-refractivity contribution in [2.24, 2.45) is 0 Å². The van der Waals surface area contributed by atoms with Gasteiger partial charge in [0.05, 0.1) is 12.1 Å². The number of rotatable bonds is 7. The molecule has 0 radical (unpaired) electrons. The SMILES string of the molecule is O=C(O)c1cccc(OCCN(CC(F)(F)F)C2CC2)c1. The Morgan fingerprint density at radius 2 is 2.10 bits per heavy atom. The second-order valence-electron chi connectivity index (χ2n) is 5.00. The van der Waals surface area contributed by atoms with Gasteiger partial charge in [-0.05, 0) is 31.0 Å². The molecule has 2 rings (SSSR count). The van der Waals surface area contributed by atoms with Crippen LogP contribution in [0, 0.1) is 0 Å². The number of carbonyl (C=O) groups is 1. The van der Waals surface area contributed by atoms with E-state index < -0.39 is 18.7 Å². The van der Waals surface area contributed by atoms with Gasteiger partial charge in [-0.3, -0.25) is 4.90 Å². The molecule has 0 unspecified atom stereocenters. The summed E-state index contributed by atoms with van der Waals surface area (Å²) >= 11 is 0. The molecule has 7 heteroatoms. The molecule has 0 amide bonds. The molecule has 0 bridgehead atoms. The minimum absolute atomic E-state index is 0.0134. The first-order valence-electron chi connectivity index (χ1n) is 6.62. The van der Waals surface area contributed by atoms with Gasteiger partial charge in [-0.1, -0.05) is 6.07 Å². The van der Waals surface area contributed by atoms with Crippen LogP contribution < -0.4 is 4.74 Å². The van der Waals surface area contributed by atoms with Crippen LogP contribution in [0.4, 0.5) is 13.2 Å². The average molecular weight is 303 g/mol. The van der Waals surface area contributed by atoms with E-state index in [1.165, 1.54) is 23.1 Å². The maximum atomic E-state index is 12.4. The number of alkyl halides is 3. The average Bonchev–Trinajstić information content (AvgIpc) is 3.20. The molecule has 1 saturated carbocycles. The first-order valence-corrected chi connectivity index (χ1v) is 6.62. The van der Waals surface area contributed by atoms with Gasteiger partial charge in [0.2, 0.25) is 0 Å². The number of halogens is 3. The highest BCUT2D eigenvalue weighted by molar-refractivity contribution is 5.87. The molecule has 4 nitrogen and oxygen atoms in total. The topological polar surface area (TPSA) is 49.8 Å². The quantitative estimate of drug-likeness (QED) is 0.841. The first kappa shape index (κ1) is 15.6. The van der Waals surface area contributed by atoms with Gasteiger partial charge >= 0.3 is 12.1 Å². The molecule has 0 atom stereocenters. The second kappa shape index (κ2) is 6.34. The standard InChI is InChI=1S/C14H16F3NO3/c15-14(16,17)9-18(11-4-5-11)6-7-21-12-3-1-2-10(8-12)13(19)20/h1-3,8,11H,4-7,9H2,(H,19,20). The van der Waals surface area contributed by atoms with Crippen LogP contribution in [0.5, 0.6) is 5.75 Å². The third-order valence-electron chi connectivity index (χ3n) is 3.17. The molecule has 1 aromatic carbocycles. The van der Waals surface area contributed by atoms with Crippen LogP contribution in [0.1, 0.15) is 23.2 Å². The zero-order valence-electron chi connectivity index (χ0n) is 11.3. The van der Waals surface area contributed by atoms with Crippen molar-refractivity contribution in [3.63, 3.8) is 0 Å². The second-order valence-corrected chi connectivity index (χ2v) is 5.00. The number of carboxylic acid groups (broad SMARTS) is 1. The fourth-order valence-electron chi connectivity index (χ4n) is 2.06. The number of aromatic carboxylic acids is 1. The predicted octanol–water partition coefficient (Wildman–Crippen LogP) is 2.79. The Morgan fingerprint density at radius 1 is 1.38 bits per heavy atom. The van der Waals surface area contributed by atoms with Gasteiger partial charge in [0.15, 0.2) is 0 Å². The number of hydrogen-bond acceptors (Lipinski definition) is 3. The first-order chi connectivity index (χ1) is 9.85. The Hall–Kier alpha value is -1.76. The van der Waals surface area contributed by atoms with E-state index in [-0.39, 0.29) is 24.8 Å². The number of hydrogen-bond donors (Lipinski definition) is 1.